The lowest BCUT2D eigenvalue weighted by Crippen LogP contribution is -2.42. The van der Waals surface area contributed by atoms with Crippen LogP contribution in [-0.4, -0.2) is 46.6 Å². The van der Waals surface area contributed by atoms with Gasteiger partial charge < -0.3 is 14.4 Å². The zero-order valence-corrected chi connectivity index (χ0v) is 16.7. The summed E-state index contributed by atoms with van der Waals surface area (Å²) in [7, 11) is 1.64. The molecule has 7 heteroatoms. The molecular formula is C18H24BrN3O3. The van der Waals surface area contributed by atoms with Crippen molar-refractivity contribution in [2.45, 2.75) is 45.3 Å². The van der Waals surface area contributed by atoms with Crippen LogP contribution in [0.15, 0.2) is 22.7 Å². The Hall–Kier alpha value is -1.76. The number of rotatable bonds is 2. The van der Waals surface area contributed by atoms with Crippen LogP contribution in [-0.2, 0) is 4.74 Å². The number of halogens is 1. The number of fused-ring (bicyclic) bond motifs is 1. The molecule has 0 unspecified atom stereocenters. The molecule has 3 rings (SSSR count). The summed E-state index contributed by atoms with van der Waals surface area (Å²) in [5.41, 5.74) is 0.586. The first-order valence-corrected chi connectivity index (χ1v) is 9.27. The highest BCUT2D eigenvalue weighted by molar-refractivity contribution is 9.10. The zero-order valence-electron chi connectivity index (χ0n) is 15.1. The topological polar surface area (TPSA) is 56.6 Å². The fraction of sp³-hybridized carbons (Fsp3) is 0.556. The summed E-state index contributed by atoms with van der Waals surface area (Å²) in [4.78, 5) is 14.0. The summed E-state index contributed by atoms with van der Waals surface area (Å²) in [6.45, 7) is 6.99. The zero-order chi connectivity index (χ0) is 18.2. The average Bonchev–Trinajstić information content (AvgIpc) is 2.91. The number of carbonyl (C=O) groups excluding carboxylic acids is 1. The van der Waals surface area contributed by atoms with Crippen molar-refractivity contribution in [2.24, 2.45) is 0 Å². The van der Waals surface area contributed by atoms with E-state index >= 15 is 0 Å². The largest absolute Gasteiger partial charge is 0.479 e. The lowest BCUT2D eigenvalue weighted by molar-refractivity contribution is 0.0186. The van der Waals surface area contributed by atoms with Gasteiger partial charge in [0.25, 0.3) is 0 Å². The summed E-state index contributed by atoms with van der Waals surface area (Å²) in [6.07, 6.45) is 1.45. The Morgan fingerprint density at radius 3 is 2.56 bits per heavy atom. The minimum atomic E-state index is -0.465. The number of likely N-dealkylation sites (tertiary alicyclic amines) is 1. The van der Waals surface area contributed by atoms with Crippen LogP contribution in [0.25, 0.3) is 10.9 Å². The Kier molecular flexibility index (Phi) is 4.95. The highest BCUT2D eigenvalue weighted by Gasteiger charge is 2.29. The van der Waals surface area contributed by atoms with Crippen molar-refractivity contribution in [1.29, 1.82) is 0 Å². The molecule has 1 aromatic heterocycles. The highest BCUT2D eigenvalue weighted by atomic mass is 79.9. The number of methoxy groups -OCH3 is 1. The number of nitrogens with zero attached hydrogens (tertiary/aromatic N) is 3. The van der Waals surface area contributed by atoms with E-state index in [1.165, 1.54) is 0 Å². The predicted octanol–water partition coefficient (Wildman–Crippen LogP) is 4.38. The summed E-state index contributed by atoms with van der Waals surface area (Å²) in [5, 5.41) is 5.63. The van der Waals surface area contributed by atoms with Gasteiger partial charge in [-0.1, -0.05) is 15.9 Å². The average molecular weight is 410 g/mol. The maximum absolute atomic E-state index is 12.2. The van der Waals surface area contributed by atoms with Crippen molar-refractivity contribution in [2.75, 3.05) is 20.2 Å². The molecule has 1 aliphatic heterocycles. The molecule has 136 valence electrons. The predicted molar refractivity (Wildman–Crippen MR) is 100 cm³/mol. The normalized spacial score (nSPS) is 16.3. The standard InChI is InChI=1S/C18H24BrN3O3/c1-18(2,3)25-17(23)21-9-7-13(8-10-21)22-15-6-5-12(19)11-14(15)16(20-22)24-4/h5-6,11,13H,7-10H2,1-4H3. The van der Waals surface area contributed by atoms with Crippen LogP contribution in [0.3, 0.4) is 0 Å². The van der Waals surface area contributed by atoms with Gasteiger partial charge in [0.15, 0.2) is 0 Å². The van der Waals surface area contributed by atoms with E-state index < -0.39 is 5.60 Å². The first kappa shape index (κ1) is 18.0. The van der Waals surface area contributed by atoms with Crippen molar-refractivity contribution >= 4 is 32.9 Å². The first-order valence-electron chi connectivity index (χ1n) is 8.48. The molecule has 0 spiro atoms. The number of carbonyl (C=O) groups is 1. The molecule has 0 aliphatic carbocycles. The molecule has 25 heavy (non-hydrogen) atoms. The number of aromatic nitrogens is 2. The number of amides is 1. The van der Waals surface area contributed by atoms with E-state index in [9.17, 15) is 4.79 Å². The van der Waals surface area contributed by atoms with E-state index in [2.05, 4.69) is 27.1 Å². The van der Waals surface area contributed by atoms with E-state index in [0.29, 0.717) is 19.0 Å². The Morgan fingerprint density at radius 1 is 1.28 bits per heavy atom. The third kappa shape index (κ3) is 3.92. The maximum Gasteiger partial charge on any atom is 0.410 e. The molecular weight excluding hydrogens is 386 g/mol. The third-order valence-corrected chi connectivity index (χ3v) is 4.78. The van der Waals surface area contributed by atoms with Gasteiger partial charge in [-0.05, 0) is 51.8 Å². The van der Waals surface area contributed by atoms with Crippen molar-refractivity contribution in [1.82, 2.24) is 14.7 Å². The second kappa shape index (κ2) is 6.86. The monoisotopic (exact) mass is 409 g/mol. The number of ether oxygens (including phenoxy) is 2. The van der Waals surface area contributed by atoms with Gasteiger partial charge >= 0.3 is 6.09 Å². The quantitative estimate of drug-likeness (QED) is 0.738. The van der Waals surface area contributed by atoms with Gasteiger partial charge in [-0.2, -0.15) is 0 Å². The van der Waals surface area contributed by atoms with Crippen molar-refractivity contribution in [3.05, 3.63) is 22.7 Å². The van der Waals surface area contributed by atoms with Crippen LogP contribution in [0.4, 0.5) is 4.79 Å². The summed E-state index contributed by atoms with van der Waals surface area (Å²) in [5.74, 6) is 0.630. The van der Waals surface area contributed by atoms with Gasteiger partial charge in [0, 0.05) is 17.6 Å². The molecule has 6 nitrogen and oxygen atoms in total. The van der Waals surface area contributed by atoms with Crippen LogP contribution in [0, 0.1) is 0 Å². The lowest BCUT2D eigenvalue weighted by Gasteiger charge is -2.33. The molecule has 1 amide bonds. The Labute approximate surface area is 156 Å². The van der Waals surface area contributed by atoms with Crippen LogP contribution in [0.5, 0.6) is 5.88 Å². The molecule has 1 fully saturated rings. The summed E-state index contributed by atoms with van der Waals surface area (Å²) < 4.78 is 13.9. The minimum absolute atomic E-state index is 0.238. The van der Waals surface area contributed by atoms with Crippen molar-refractivity contribution < 1.29 is 14.3 Å². The van der Waals surface area contributed by atoms with Gasteiger partial charge in [-0.3, -0.25) is 4.68 Å². The van der Waals surface area contributed by atoms with Crippen LogP contribution >= 0.6 is 15.9 Å². The summed E-state index contributed by atoms with van der Waals surface area (Å²) >= 11 is 3.50. The van der Waals surface area contributed by atoms with E-state index in [0.717, 1.165) is 28.2 Å². The van der Waals surface area contributed by atoms with Crippen molar-refractivity contribution in [3.63, 3.8) is 0 Å². The molecule has 0 atom stereocenters. The first-order chi connectivity index (χ1) is 11.8. The van der Waals surface area contributed by atoms with Gasteiger partial charge in [0.2, 0.25) is 5.88 Å². The number of piperidine rings is 1. The summed E-state index contributed by atoms with van der Waals surface area (Å²) in [6, 6.07) is 6.32. The van der Waals surface area contributed by atoms with E-state index in [1.54, 1.807) is 12.0 Å². The Balaban J connectivity index is 1.75. The maximum atomic E-state index is 12.2. The van der Waals surface area contributed by atoms with E-state index in [1.807, 2.05) is 37.6 Å². The minimum Gasteiger partial charge on any atom is -0.479 e. The fourth-order valence-electron chi connectivity index (χ4n) is 3.13. The van der Waals surface area contributed by atoms with Crippen LogP contribution < -0.4 is 4.74 Å². The molecule has 0 saturated carbocycles. The molecule has 1 saturated heterocycles. The third-order valence-electron chi connectivity index (χ3n) is 4.29. The van der Waals surface area contributed by atoms with Crippen LogP contribution in [0.2, 0.25) is 0 Å². The molecule has 1 aliphatic rings. The van der Waals surface area contributed by atoms with Crippen molar-refractivity contribution in [3.8, 4) is 5.88 Å². The number of hydrogen-bond acceptors (Lipinski definition) is 4. The van der Waals surface area contributed by atoms with Gasteiger partial charge in [-0.15, -0.1) is 5.10 Å². The molecule has 0 N–H and O–H groups in total. The Bertz CT molecular complexity index is 774. The second-order valence-electron chi connectivity index (χ2n) is 7.31. The molecule has 2 heterocycles. The number of benzene rings is 1. The number of hydrogen-bond donors (Lipinski definition) is 0. The molecule has 0 radical (unpaired) electrons. The SMILES string of the molecule is COc1nn(C2CCN(C(=O)OC(C)(C)C)CC2)c2ccc(Br)cc12. The molecule has 2 aromatic rings. The van der Waals surface area contributed by atoms with Crippen LogP contribution in [0.1, 0.15) is 39.7 Å². The molecule has 1 aromatic carbocycles. The molecule has 0 bridgehead atoms. The van der Waals surface area contributed by atoms with E-state index in [4.69, 9.17) is 9.47 Å². The van der Waals surface area contributed by atoms with Gasteiger partial charge in [0.1, 0.15) is 5.60 Å². The second-order valence-corrected chi connectivity index (χ2v) is 8.23. The smallest absolute Gasteiger partial charge is 0.410 e. The fourth-order valence-corrected chi connectivity index (χ4v) is 3.49. The van der Waals surface area contributed by atoms with E-state index in [-0.39, 0.29) is 12.1 Å². The lowest BCUT2D eigenvalue weighted by atomic mass is 10.1. The van der Waals surface area contributed by atoms with Gasteiger partial charge in [0.05, 0.1) is 24.1 Å². The Morgan fingerprint density at radius 2 is 1.96 bits per heavy atom. The highest BCUT2D eigenvalue weighted by Crippen LogP contribution is 2.33. The van der Waals surface area contributed by atoms with Gasteiger partial charge in [-0.25, -0.2) is 4.79 Å².